The van der Waals surface area contributed by atoms with Crippen LogP contribution in [0, 0.1) is 0 Å². The molecule has 0 saturated carbocycles. The SMILES string of the molecule is FC(F)c1nc2cnc3[nH]ccc3c2n1C1CCN(Cc2ccccc2)CC1. The first-order valence-corrected chi connectivity index (χ1v) is 9.59. The fourth-order valence-corrected chi connectivity index (χ4v) is 4.31. The van der Waals surface area contributed by atoms with Crippen LogP contribution in [0.4, 0.5) is 8.78 Å². The first-order chi connectivity index (χ1) is 13.7. The Kier molecular flexibility index (Phi) is 4.31. The van der Waals surface area contributed by atoms with E-state index in [0.717, 1.165) is 43.4 Å². The number of alkyl halides is 2. The highest BCUT2D eigenvalue weighted by Crippen LogP contribution is 2.35. The maximum Gasteiger partial charge on any atom is 0.295 e. The first-order valence-electron chi connectivity index (χ1n) is 9.59. The molecule has 0 spiro atoms. The van der Waals surface area contributed by atoms with Gasteiger partial charge >= 0.3 is 0 Å². The number of hydrogen-bond acceptors (Lipinski definition) is 3. The van der Waals surface area contributed by atoms with Crippen LogP contribution in [0.3, 0.4) is 0 Å². The summed E-state index contributed by atoms with van der Waals surface area (Å²) in [4.78, 5) is 14.0. The van der Waals surface area contributed by atoms with Gasteiger partial charge in [0.25, 0.3) is 6.43 Å². The van der Waals surface area contributed by atoms with Gasteiger partial charge in [0.2, 0.25) is 0 Å². The summed E-state index contributed by atoms with van der Waals surface area (Å²) in [7, 11) is 0. The lowest BCUT2D eigenvalue weighted by molar-refractivity contribution is 0.124. The number of likely N-dealkylation sites (tertiary alicyclic amines) is 1. The Morgan fingerprint density at radius 3 is 2.64 bits per heavy atom. The number of aromatic nitrogens is 4. The minimum Gasteiger partial charge on any atom is -0.346 e. The number of hydrogen-bond donors (Lipinski definition) is 1. The molecule has 1 aliphatic rings. The highest BCUT2D eigenvalue weighted by atomic mass is 19.3. The van der Waals surface area contributed by atoms with Crippen LogP contribution in [0.2, 0.25) is 0 Å². The Bertz CT molecular complexity index is 1090. The molecule has 0 aliphatic carbocycles. The van der Waals surface area contributed by atoms with Crippen molar-refractivity contribution in [3.63, 3.8) is 0 Å². The van der Waals surface area contributed by atoms with Crippen molar-refractivity contribution in [3.05, 3.63) is 60.2 Å². The molecule has 1 aliphatic heterocycles. The minimum absolute atomic E-state index is 0.0153. The van der Waals surface area contributed by atoms with Gasteiger partial charge in [0.1, 0.15) is 11.2 Å². The number of H-pyrrole nitrogens is 1. The number of nitrogens with zero attached hydrogens (tertiary/aromatic N) is 4. The zero-order valence-electron chi connectivity index (χ0n) is 15.4. The van der Waals surface area contributed by atoms with E-state index in [1.54, 1.807) is 17.0 Å². The predicted molar refractivity (Wildman–Crippen MR) is 104 cm³/mol. The van der Waals surface area contributed by atoms with Gasteiger partial charge in [0.15, 0.2) is 5.82 Å². The molecule has 0 bridgehead atoms. The highest BCUT2D eigenvalue weighted by molar-refractivity contribution is 6.01. The van der Waals surface area contributed by atoms with Gasteiger partial charge < -0.3 is 9.55 Å². The third-order valence-corrected chi connectivity index (χ3v) is 5.63. The van der Waals surface area contributed by atoms with Crippen molar-refractivity contribution in [3.8, 4) is 0 Å². The number of nitrogens with one attached hydrogen (secondary N) is 1. The molecule has 7 heteroatoms. The Labute approximate surface area is 161 Å². The third kappa shape index (κ3) is 2.96. The van der Waals surface area contributed by atoms with Gasteiger partial charge in [-0.05, 0) is 24.5 Å². The summed E-state index contributed by atoms with van der Waals surface area (Å²) in [5.41, 5.74) is 3.29. The van der Waals surface area contributed by atoms with E-state index in [0.29, 0.717) is 11.2 Å². The second kappa shape index (κ2) is 6.98. The van der Waals surface area contributed by atoms with Crippen molar-refractivity contribution < 1.29 is 8.78 Å². The maximum absolute atomic E-state index is 13.8. The van der Waals surface area contributed by atoms with Gasteiger partial charge in [-0.1, -0.05) is 30.3 Å². The molecule has 144 valence electrons. The van der Waals surface area contributed by atoms with Crippen LogP contribution in [0.1, 0.15) is 36.7 Å². The number of imidazole rings is 1. The van der Waals surface area contributed by atoms with E-state index >= 15 is 0 Å². The molecule has 5 nitrogen and oxygen atoms in total. The largest absolute Gasteiger partial charge is 0.346 e. The Hall–Kier alpha value is -2.80. The third-order valence-electron chi connectivity index (χ3n) is 5.63. The average Bonchev–Trinajstić information content (AvgIpc) is 3.33. The molecule has 4 aromatic rings. The van der Waals surface area contributed by atoms with E-state index in [9.17, 15) is 8.78 Å². The Morgan fingerprint density at radius 1 is 1.11 bits per heavy atom. The number of fused-ring (bicyclic) bond motifs is 3. The summed E-state index contributed by atoms with van der Waals surface area (Å²) >= 11 is 0. The zero-order valence-corrected chi connectivity index (χ0v) is 15.4. The van der Waals surface area contributed by atoms with E-state index in [1.807, 2.05) is 24.3 Å². The van der Waals surface area contributed by atoms with Crippen molar-refractivity contribution >= 4 is 22.1 Å². The second-order valence-corrected chi connectivity index (χ2v) is 7.37. The number of halogens is 2. The Morgan fingerprint density at radius 2 is 1.89 bits per heavy atom. The van der Waals surface area contributed by atoms with Crippen LogP contribution >= 0.6 is 0 Å². The van der Waals surface area contributed by atoms with Gasteiger partial charge in [-0.2, -0.15) is 0 Å². The fourth-order valence-electron chi connectivity index (χ4n) is 4.31. The highest BCUT2D eigenvalue weighted by Gasteiger charge is 2.29. The molecule has 1 saturated heterocycles. The van der Waals surface area contributed by atoms with Gasteiger partial charge in [0, 0.05) is 37.3 Å². The molecule has 1 aromatic carbocycles. The number of pyridine rings is 1. The molecule has 0 unspecified atom stereocenters. The van der Waals surface area contributed by atoms with E-state index in [-0.39, 0.29) is 11.9 Å². The molecule has 1 N–H and O–H groups in total. The van der Waals surface area contributed by atoms with Gasteiger partial charge in [-0.3, -0.25) is 4.90 Å². The van der Waals surface area contributed by atoms with Crippen LogP contribution in [-0.2, 0) is 6.54 Å². The molecule has 5 rings (SSSR count). The summed E-state index contributed by atoms with van der Waals surface area (Å²) in [6.45, 7) is 2.65. The van der Waals surface area contributed by atoms with Crippen molar-refractivity contribution in [1.82, 2.24) is 24.4 Å². The quantitative estimate of drug-likeness (QED) is 0.558. The number of aromatic amines is 1. The van der Waals surface area contributed by atoms with E-state index in [2.05, 4.69) is 32.0 Å². The summed E-state index contributed by atoms with van der Waals surface area (Å²) in [5, 5.41) is 0.851. The van der Waals surface area contributed by atoms with Crippen LogP contribution in [0.15, 0.2) is 48.8 Å². The minimum atomic E-state index is -2.61. The predicted octanol–water partition coefficient (Wildman–Crippen LogP) is 4.69. The van der Waals surface area contributed by atoms with E-state index in [1.165, 1.54) is 5.56 Å². The van der Waals surface area contributed by atoms with Gasteiger partial charge in [0.05, 0.1) is 11.7 Å². The summed E-state index contributed by atoms with van der Waals surface area (Å²) in [6.07, 6.45) is 2.42. The normalized spacial score (nSPS) is 16.5. The van der Waals surface area contributed by atoms with Crippen molar-refractivity contribution in [1.29, 1.82) is 0 Å². The lowest BCUT2D eigenvalue weighted by Gasteiger charge is -2.33. The van der Waals surface area contributed by atoms with Crippen molar-refractivity contribution in [2.75, 3.05) is 13.1 Å². The lowest BCUT2D eigenvalue weighted by atomic mass is 10.0. The molecule has 28 heavy (non-hydrogen) atoms. The van der Waals surface area contributed by atoms with Crippen LogP contribution in [-0.4, -0.2) is 37.5 Å². The number of benzene rings is 1. The van der Waals surface area contributed by atoms with Crippen molar-refractivity contribution in [2.24, 2.45) is 0 Å². The summed E-state index contributed by atoms with van der Waals surface area (Å²) in [5.74, 6) is -0.146. The molecule has 0 radical (unpaired) electrons. The van der Waals surface area contributed by atoms with Crippen molar-refractivity contribution in [2.45, 2.75) is 31.9 Å². The van der Waals surface area contributed by atoms with Crippen LogP contribution in [0.25, 0.3) is 22.1 Å². The van der Waals surface area contributed by atoms with Crippen LogP contribution < -0.4 is 0 Å². The monoisotopic (exact) mass is 381 g/mol. The number of piperidine rings is 1. The van der Waals surface area contributed by atoms with E-state index in [4.69, 9.17) is 0 Å². The maximum atomic E-state index is 13.8. The van der Waals surface area contributed by atoms with Gasteiger partial charge in [-0.15, -0.1) is 0 Å². The Balaban J connectivity index is 1.46. The lowest BCUT2D eigenvalue weighted by Crippen LogP contribution is -2.34. The first kappa shape index (κ1) is 17.3. The molecule has 0 atom stereocenters. The van der Waals surface area contributed by atoms with Gasteiger partial charge in [-0.25, -0.2) is 18.7 Å². The molecule has 0 amide bonds. The zero-order chi connectivity index (χ0) is 19.1. The summed E-state index contributed by atoms with van der Waals surface area (Å²) in [6, 6.07) is 12.3. The molecule has 4 heterocycles. The average molecular weight is 381 g/mol. The topological polar surface area (TPSA) is 49.7 Å². The molecular weight excluding hydrogens is 360 g/mol. The summed E-state index contributed by atoms with van der Waals surface area (Å²) < 4.78 is 29.4. The molecule has 3 aromatic heterocycles. The second-order valence-electron chi connectivity index (χ2n) is 7.37. The van der Waals surface area contributed by atoms with Crippen LogP contribution in [0.5, 0.6) is 0 Å². The molecular formula is C21H21F2N5. The fraction of sp³-hybridized carbons (Fsp3) is 0.333. The van der Waals surface area contributed by atoms with E-state index < -0.39 is 6.43 Å². The number of rotatable bonds is 4. The molecule has 1 fully saturated rings. The standard InChI is InChI=1S/C21H21F2N5/c22-19(23)21-26-17-12-25-20-16(6-9-24-20)18(17)28(21)15-7-10-27(11-8-15)13-14-4-2-1-3-5-14/h1-6,9,12,15,19H,7-8,10-11,13H2,(H,24,25). The smallest absolute Gasteiger partial charge is 0.295 e.